The molecule has 4 aromatic rings. The predicted molar refractivity (Wildman–Crippen MR) is 152 cm³/mol. The van der Waals surface area contributed by atoms with Crippen molar-refractivity contribution in [3.63, 3.8) is 0 Å². The largest absolute Gasteiger partial charge is 0.494 e. The number of rotatable bonds is 11. The number of amides is 2. The van der Waals surface area contributed by atoms with Crippen LogP contribution in [0.15, 0.2) is 90.0 Å². The highest BCUT2D eigenvalue weighted by Crippen LogP contribution is 2.29. The minimum atomic E-state index is -0.539. The topological polar surface area (TPSA) is 115 Å². The minimum Gasteiger partial charge on any atom is -0.494 e. The Morgan fingerprint density at radius 1 is 0.825 bits per heavy atom. The lowest BCUT2D eigenvalue weighted by Crippen LogP contribution is -2.35. The Hall–Kier alpha value is -5.18. The van der Waals surface area contributed by atoms with Gasteiger partial charge in [0.05, 0.1) is 31.5 Å². The lowest BCUT2D eigenvalue weighted by Gasteiger charge is -2.11. The van der Waals surface area contributed by atoms with Gasteiger partial charge in [-0.25, -0.2) is 10.2 Å². The van der Waals surface area contributed by atoms with Crippen molar-refractivity contribution in [2.45, 2.75) is 13.8 Å². The van der Waals surface area contributed by atoms with Gasteiger partial charge in [0.25, 0.3) is 11.8 Å². The molecule has 0 aliphatic carbocycles. The molecule has 9 nitrogen and oxygen atoms in total. The van der Waals surface area contributed by atoms with Crippen molar-refractivity contribution in [1.82, 2.24) is 10.7 Å². The van der Waals surface area contributed by atoms with Crippen LogP contribution in [0.5, 0.6) is 17.2 Å². The number of hydrogen-bond acceptors (Lipinski definition) is 7. The van der Waals surface area contributed by atoms with Gasteiger partial charge in [-0.15, -0.1) is 0 Å². The van der Waals surface area contributed by atoms with Crippen molar-refractivity contribution < 1.29 is 28.6 Å². The number of esters is 1. The zero-order valence-electron chi connectivity index (χ0n) is 22.2. The first-order valence-corrected chi connectivity index (χ1v) is 12.8. The normalized spacial score (nSPS) is 10.8. The van der Waals surface area contributed by atoms with Crippen LogP contribution in [0.4, 0.5) is 0 Å². The summed E-state index contributed by atoms with van der Waals surface area (Å²) in [5.41, 5.74) is 3.84. The molecule has 0 fully saturated rings. The van der Waals surface area contributed by atoms with Gasteiger partial charge in [-0.05, 0) is 78.7 Å². The number of benzene rings is 4. The summed E-state index contributed by atoms with van der Waals surface area (Å²) in [6, 6.07) is 24.5. The first-order valence-electron chi connectivity index (χ1n) is 12.8. The predicted octanol–water partition coefficient (Wildman–Crippen LogP) is 4.74. The highest BCUT2D eigenvalue weighted by Gasteiger charge is 2.14. The van der Waals surface area contributed by atoms with E-state index in [0.29, 0.717) is 41.4 Å². The zero-order chi connectivity index (χ0) is 28.3. The summed E-state index contributed by atoms with van der Waals surface area (Å²) in [4.78, 5) is 37.5. The molecular weight excluding hydrogens is 510 g/mol. The molecule has 0 aliphatic heterocycles. The fraction of sp³-hybridized carbons (Fsp3) is 0.161. The van der Waals surface area contributed by atoms with Crippen LogP contribution in [0.2, 0.25) is 0 Å². The Morgan fingerprint density at radius 3 is 2.35 bits per heavy atom. The number of nitrogens with one attached hydrogen (secondary N) is 2. The number of hydrazone groups is 1. The van der Waals surface area contributed by atoms with Crippen molar-refractivity contribution >= 4 is 34.8 Å². The number of nitrogens with zero attached hydrogens (tertiary/aromatic N) is 1. The van der Waals surface area contributed by atoms with Gasteiger partial charge in [-0.2, -0.15) is 5.10 Å². The van der Waals surface area contributed by atoms with Crippen LogP contribution in [-0.4, -0.2) is 43.8 Å². The van der Waals surface area contributed by atoms with E-state index in [1.165, 1.54) is 6.21 Å². The molecule has 2 N–H and O–H groups in total. The Balaban J connectivity index is 1.33. The third-order valence-electron chi connectivity index (χ3n) is 5.72. The average molecular weight is 540 g/mol. The second-order valence-corrected chi connectivity index (χ2v) is 8.49. The van der Waals surface area contributed by atoms with Crippen LogP contribution in [0.3, 0.4) is 0 Å². The van der Waals surface area contributed by atoms with Crippen molar-refractivity contribution in [3.8, 4) is 17.2 Å². The van der Waals surface area contributed by atoms with Crippen LogP contribution in [-0.2, 0) is 4.79 Å². The molecule has 2 amide bonds. The maximum Gasteiger partial charge on any atom is 0.343 e. The second kappa shape index (κ2) is 13.6. The summed E-state index contributed by atoms with van der Waals surface area (Å²) in [7, 11) is 0. The van der Waals surface area contributed by atoms with Gasteiger partial charge in [0, 0.05) is 5.56 Å². The summed E-state index contributed by atoms with van der Waals surface area (Å²) in [5.74, 6) is -0.124. The van der Waals surface area contributed by atoms with Gasteiger partial charge in [-0.3, -0.25) is 9.59 Å². The zero-order valence-corrected chi connectivity index (χ0v) is 22.2. The summed E-state index contributed by atoms with van der Waals surface area (Å²) in [5, 5.41) is 8.31. The van der Waals surface area contributed by atoms with Crippen molar-refractivity contribution in [3.05, 3.63) is 102 Å². The summed E-state index contributed by atoms with van der Waals surface area (Å²) >= 11 is 0. The van der Waals surface area contributed by atoms with E-state index in [2.05, 4.69) is 15.8 Å². The Labute approximate surface area is 231 Å². The van der Waals surface area contributed by atoms with E-state index < -0.39 is 11.9 Å². The molecule has 0 atom stereocenters. The third kappa shape index (κ3) is 7.22. The fourth-order valence-corrected chi connectivity index (χ4v) is 3.87. The summed E-state index contributed by atoms with van der Waals surface area (Å²) in [6.07, 6.45) is 1.42. The Kier molecular flexibility index (Phi) is 9.44. The van der Waals surface area contributed by atoms with Crippen molar-refractivity contribution in [1.29, 1.82) is 0 Å². The lowest BCUT2D eigenvalue weighted by molar-refractivity contribution is -0.120. The molecule has 40 heavy (non-hydrogen) atoms. The Bertz CT molecular complexity index is 1530. The monoisotopic (exact) mass is 539 g/mol. The van der Waals surface area contributed by atoms with E-state index >= 15 is 0 Å². The van der Waals surface area contributed by atoms with E-state index in [-0.39, 0.29) is 18.2 Å². The summed E-state index contributed by atoms with van der Waals surface area (Å²) < 4.78 is 16.6. The minimum absolute atomic E-state index is 0.246. The molecule has 0 saturated carbocycles. The molecule has 0 unspecified atom stereocenters. The smallest absolute Gasteiger partial charge is 0.343 e. The highest BCUT2D eigenvalue weighted by molar-refractivity contribution is 6.07. The van der Waals surface area contributed by atoms with Gasteiger partial charge in [-0.1, -0.05) is 36.4 Å². The maximum atomic E-state index is 12.6. The second-order valence-electron chi connectivity index (χ2n) is 8.49. The first kappa shape index (κ1) is 27.8. The molecule has 4 rings (SSSR count). The van der Waals surface area contributed by atoms with Crippen molar-refractivity contribution in [2.75, 3.05) is 19.8 Å². The van der Waals surface area contributed by atoms with Gasteiger partial charge in [0.1, 0.15) is 5.75 Å². The van der Waals surface area contributed by atoms with Crippen LogP contribution < -0.4 is 25.0 Å². The van der Waals surface area contributed by atoms with Crippen LogP contribution in [0.1, 0.15) is 40.1 Å². The first-order chi connectivity index (χ1) is 19.5. The van der Waals surface area contributed by atoms with E-state index in [9.17, 15) is 14.4 Å². The number of carbonyl (C=O) groups is 3. The van der Waals surface area contributed by atoms with E-state index in [0.717, 1.165) is 10.8 Å². The summed E-state index contributed by atoms with van der Waals surface area (Å²) in [6.45, 7) is 4.33. The molecule has 4 aromatic carbocycles. The third-order valence-corrected chi connectivity index (χ3v) is 5.72. The number of hydrogen-bond donors (Lipinski definition) is 2. The molecule has 0 bridgehead atoms. The SMILES string of the molecule is CCOc1ccc(C(=O)Oc2ccc(/C=N\NC(=O)CNC(=O)c3cccc4ccccc34)cc2OCC)cc1. The van der Waals surface area contributed by atoms with Crippen LogP contribution >= 0.6 is 0 Å². The van der Waals surface area contributed by atoms with Crippen LogP contribution in [0, 0.1) is 0 Å². The molecule has 0 heterocycles. The van der Waals surface area contributed by atoms with Crippen LogP contribution in [0.25, 0.3) is 10.8 Å². The van der Waals surface area contributed by atoms with Gasteiger partial charge in [0.15, 0.2) is 11.5 Å². The molecule has 0 saturated heterocycles. The van der Waals surface area contributed by atoms with Crippen molar-refractivity contribution in [2.24, 2.45) is 5.10 Å². The van der Waals surface area contributed by atoms with Gasteiger partial charge >= 0.3 is 5.97 Å². The molecule has 9 heteroatoms. The van der Waals surface area contributed by atoms with E-state index in [1.807, 2.05) is 44.2 Å². The lowest BCUT2D eigenvalue weighted by atomic mass is 10.0. The standard InChI is InChI=1S/C31H29N3O6/c1-3-38-24-15-13-23(14-16-24)31(37)40-27-17-12-21(18-28(27)39-4-2)19-33-34-29(35)20-32-30(36)26-11-7-9-22-8-5-6-10-25(22)26/h5-19H,3-4,20H2,1-2H3,(H,32,36)(H,34,35)/b33-19-. The molecule has 204 valence electrons. The van der Waals surface area contributed by atoms with E-state index in [4.69, 9.17) is 14.2 Å². The maximum absolute atomic E-state index is 12.6. The van der Waals surface area contributed by atoms with Gasteiger partial charge < -0.3 is 19.5 Å². The quantitative estimate of drug-likeness (QED) is 0.123. The molecule has 0 aromatic heterocycles. The molecule has 0 spiro atoms. The fourth-order valence-electron chi connectivity index (χ4n) is 3.87. The number of fused-ring (bicyclic) bond motifs is 1. The molecule has 0 aliphatic rings. The average Bonchev–Trinajstić information content (AvgIpc) is 2.97. The highest BCUT2D eigenvalue weighted by atomic mass is 16.6. The molecule has 0 radical (unpaired) electrons. The van der Waals surface area contributed by atoms with Gasteiger partial charge in [0.2, 0.25) is 0 Å². The Morgan fingerprint density at radius 2 is 1.57 bits per heavy atom. The number of ether oxygens (including phenoxy) is 3. The molecular formula is C31H29N3O6. The number of carbonyl (C=O) groups excluding carboxylic acids is 3. The van der Waals surface area contributed by atoms with E-state index in [1.54, 1.807) is 54.6 Å².